The normalized spacial score (nSPS) is 21.1. The number of hydrogen-bond acceptors (Lipinski definition) is 3. The number of carbonyl (C=O) groups is 2. The second-order valence-corrected chi connectivity index (χ2v) is 9.54. The highest BCUT2D eigenvalue weighted by atomic mass is 16.6. The SMILES string of the molecule is CC(C)(C)[C@@H]1C[C@H](C(=O)O)CN(C(=O)OCC2c3ccccc3-c3ccccc32)C1. The number of benzene rings is 2. The number of carboxylic acids is 1. The smallest absolute Gasteiger partial charge is 0.409 e. The lowest BCUT2D eigenvalue weighted by Crippen LogP contribution is -2.49. The van der Waals surface area contributed by atoms with Crippen molar-refractivity contribution in [1.82, 2.24) is 4.90 Å². The number of ether oxygens (including phenoxy) is 1. The lowest BCUT2D eigenvalue weighted by molar-refractivity contribution is -0.144. The molecule has 2 aromatic rings. The van der Waals surface area contributed by atoms with Gasteiger partial charge in [0.25, 0.3) is 0 Å². The minimum atomic E-state index is -0.847. The Morgan fingerprint density at radius 3 is 2.10 bits per heavy atom. The molecule has 0 aromatic heterocycles. The zero-order chi connectivity index (χ0) is 21.5. The van der Waals surface area contributed by atoms with Crippen molar-refractivity contribution in [2.75, 3.05) is 19.7 Å². The third kappa shape index (κ3) is 3.81. The summed E-state index contributed by atoms with van der Waals surface area (Å²) in [4.78, 5) is 26.2. The van der Waals surface area contributed by atoms with E-state index in [4.69, 9.17) is 4.74 Å². The largest absolute Gasteiger partial charge is 0.481 e. The van der Waals surface area contributed by atoms with Crippen LogP contribution in [0.25, 0.3) is 11.1 Å². The molecule has 1 N–H and O–H groups in total. The maximum absolute atomic E-state index is 12.9. The summed E-state index contributed by atoms with van der Waals surface area (Å²) in [6, 6.07) is 16.5. The van der Waals surface area contributed by atoms with Gasteiger partial charge < -0.3 is 14.7 Å². The van der Waals surface area contributed by atoms with Crippen molar-refractivity contribution >= 4 is 12.1 Å². The molecule has 0 saturated carbocycles. The summed E-state index contributed by atoms with van der Waals surface area (Å²) >= 11 is 0. The molecule has 4 rings (SSSR count). The number of rotatable bonds is 3. The van der Waals surface area contributed by atoms with E-state index in [2.05, 4.69) is 45.0 Å². The number of hydrogen-bond donors (Lipinski definition) is 1. The zero-order valence-corrected chi connectivity index (χ0v) is 17.8. The van der Waals surface area contributed by atoms with Gasteiger partial charge in [-0.1, -0.05) is 69.3 Å². The summed E-state index contributed by atoms with van der Waals surface area (Å²) in [5, 5.41) is 9.56. The van der Waals surface area contributed by atoms with E-state index in [1.807, 2.05) is 24.3 Å². The van der Waals surface area contributed by atoms with Crippen LogP contribution in [-0.2, 0) is 9.53 Å². The summed E-state index contributed by atoms with van der Waals surface area (Å²) in [7, 11) is 0. The molecule has 0 unspecified atom stereocenters. The maximum atomic E-state index is 12.9. The highest BCUT2D eigenvalue weighted by Crippen LogP contribution is 2.44. The number of aliphatic carboxylic acids is 1. The van der Waals surface area contributed by atoms with E-state index in [0.29, 0.717) is 13.0 Å². The molecule has 1 amide bonds. The van der Waals surface area contributed by atoms with Crippen LogP contribution >= 0.6 is 0 Å². The Morgan fingerprint density at radius 1 is 1.00 bits per heavy atom. The van der Waals surface area contributed by atoms with Gasteiger partial charge in [0.05, 0.1) is 5.92 Å². The number of carboxylic acid groups (broad SMARTS) is 1. The first-order valence-electron chi connectivity index (χ1n) is 10.6. The van der Waals surface area contributed by atoms with Gasteiger partial charge in [-0.15, -0.1) is 0 Å². The Labute approximate surface area is 177 Å². The topological polar surface area (TPSA) is 66.8 Å². The minimum absolute atomic E-state index is 0.000163. The van der Waals surface area contributed by atoms with Crippen LogP contribution in [0.4, 0.5) is 4.79 Å². The van der Waals surface area contributed by atoms with Crippen molar-refractivity contribution in [3.8, 4) is 11.1 Å². The lowest BCUT2D eigenvalue weighted by atomic mass is 9.73. The van der Waals surface area contributed by atoms with E-state index in [1.165, 1.54) is 22.3 Å². The molecule has 0 bridgehead atoms. The molecule has 30 heavy (non-hydrogen) atoms. The number of fused-ring (bicyclic) bond motifs is 3. The highest BCUT2D eigenvalue weighted by Gasteiger charge is 2.39. The third-order valence-corrected chi connectivity index (χ3v) is 6.62. The van der Waals surface area contributed by atoms with Crippen molar-refractivity contribution in [3.63, 3.8) is 0 Å². The van der Waals surface area contributed by atoms with Gasteiger partial charge in [-0.3, -0.25) is 4.79 Å². The predicted octanol–water partition coefficient (Wildman–Crippen LogP) is 5.00. The second-order valence-electron chi connectivity index (χ2n) is 9.54. The number of piperidine rings is 1. The zero-order valence-electron chi connectivity index (χ0n) is 17.8. The molecule has 0 radical (unpaired) electrons. The molecule has 1 heterocycles. The fraction of sp³-hybridized carbons (Fsp3) is 0.440. The molecule has 158 valence electrons. The number of nitrogens with zero attached hydrogens (tertiary/aromatic N) is 1. The summed E-state index contributed by atoms with van der Waals surface area (Å²) in [6.07, 6.45) is 0.170. The van der Waals surface area contributed by atoms with E-state index in [1.54, 1.807) is 4.90 Å². The number of carbonyl (C=O) groups excluding carboxylic acids is 1. The van der Waals surface area contributed by atoms with Gasteiger partial charge in [0.2, 0.25) is 0 Å². The van der Waals surface area contributed by atoms with Crippen LogP contribution in [-0.4, -0.2) is 41.8 Å². The molecule has 5 heteroatoms. The molecule has 2 aliphatic rings. The van der Waals surface area contributed by atoms with Crippen LogP contribution in [0.5, 0.6) is 0 Å². The average Bonchev–Trinajstić information content (AvgIpc) is 3.05. The summed E-state index contributed by atoms with van der Waals surface area (Å²) < 4.78 is 5.76. The molecule has 0 spiro atoms. The maximum Gasteiger partial charge on any atom is 0.409 e. The Bertz CT molecular complexity index is 916. The molecule has 2 aromatic carbocycles. The molecular weight excluding hydrogens is 378 g/mol. The first-order chi connectivity index (χ1) is 14.3. The Hall–Kier alpha value is -2.82. The lowest BCUT2D eigenvalue weighted by Gasteiger charge is -2.41. The van der Waals surface area contributed by atoms with Gasteiger partial charge in [0.15, 0.2) is 0 Å². The van der Waals surface area contributed by atoms with Gasteiger partial charge >= 0.3 is 12.1 Å². The first-order valence-corrected chi connectivity index (χ1v) is 10.6. The molecule has 1 aliphatic heterocycles. The Morgan fingerprint density at radius 2 is 1.57 bits per heavy atom. The fourth-order valence-electron chi connectivity index (χ4n) is 4.74. The van der Waals surface area contributed by atoms with Crippen molar-refractivity contribution in [1.29, 1.82) is 0 Å². The van der Waals surface area contributed by atoms with Crippen LogP contribution in [0.15, 0.2) is 48.5 Å². The molecule has 5 nitrogen and oxygen atoms in total. The summed E-state index contributed by atoms with van der Waals surface area (Å²) in [5.41, 5.74) is 4.63. The van der Waals surface area contributed by atoms with E-state index in [9.17, 15) is 14.7 Å². The minimum Gasteiger partial charge on any atom is -0.481 e. The van der Waals surface area contributed by atoms with Crippen LogP contribution in [0.2, 0.25) is 0 Å². The molecule has 2 atom stereocenters. The van der Waals surface area contributed by atoms with Gasteiger partial charge in [-0.25, -0.2) is 4.79 Å². The number of amides is 1. The number of likely N-dealkylation sites (tertiary alicyclic amines) is 1. The summed E-state index contributed by atoms with van der Waals surface area (Å²) in [5.74, 6) is -1.28. The third-order valence-electron chi connectivity index (χ3n) is 6.62. The van der Waals surface area contributed by atoms with E-state index in [-0.39, 0.29) is 30.4 Å². The summed E-state index contributed by atoms with van der Waals surface area (Å²) in [6.45, 7) is 7.28. The van der Waals surface area contributed by atoms with E-state index >= 15 is 0 Å². The Balaban J connectivity index is 1.50. The van der Waals surface area contributed by atoms with Gasteiger partial charge in [-0.05, 0) is 40.0 Å². The van der Waals surface area contributed by atoms with Crippen LogP contribution in [0.1, 0.15) is 44.2 Å². The molecule has 1 aliphatic carbocycles. The average molecular weight is 408 g/mol. The fourth-order valence-corrected chi connectivity index (χ4v) is 4.74. The molecule has 1 saturated heterocycles. The quantitative estimate of drug-likeness (QED) is 0.777. The van der Waals surface area contributed by atoms with E-state index in [0.717, 1.165) is 0 Å². The van der Waals surface area contributed by atoms with Crippen molar-refractivity contribution in [2.45, 2.75) is 33.1 Å². The van der Waals surface area contributed by atoms with Gasteiger partial charge in [0.1, 0.15) is 6.61 Å². The van der Waals surface area contributed by atoms with Crippen molar-refractivity contribution < 1.29 is 19.4 Å². The highest BCUT2D eigenvalue weighted by molar-refractivity contribution is 5.79. The van der Waals surface area contributed by atoms with Gasteiger partial charge in [0, 0.05) is 19.0 Å². The first kappa shape index (κ1) is 20.5. The predicted molar refractivity (Wildman–Crippen MR) is 115 cm³/mol. The second kappa shape index (κ2) is 7.78. The van der Waals surface area contributed by atoms with Crippen molar-refractivity contribution in [2.24, 2.45) is 17.3 Å². The van der Waals surface area contributed by atoms with Gasteiger partial charge in [-0.2, -0.15) is 0 Å². The monoisotopic (exact) mass is 407 g/mol. The Kier molecular flexibility index (Phi) is 5.31. The van der Waals surface area contributed by atoms with E-state index < -0.39 is 18.0 Å². The standard InChI is InChI=1S/C25H29NO4/c1-25(2,3)17-12-16(23(27)28)13-26(14-17)24(29)30-15-22-20-10-6-4-8-18(20)19-9-5-7-11-21(19)22/h4-11,16-17,22H,12-15H2,1-3H3,(H,27,28)/t16-,17+/m0/s1. The molecule has 1 fully saturated rings. The van der Waals surface area contributed by atoms with Crippen LogP contribution < -0.4 is 0 Å². The molecular formula is C25H29NO4. The van der Waals surface area contributed by atoms with Crippen LogP contribution in [0, 0.1) is 17.3 Å². The van der Waals surface area contributed by atoms with Crippen LogP contribution in [0.3, 0.4) is 0 Å². The van der Waals surface area contributed by atoms with Crippen molar-refractivity contribution in [3.05, 3.63) is 59.7 Å².